The smallest absolute Gasteiger partial charge is 0.390 e. The number of hydrogen-bond donors (Lipinski definition) is 7. The highest BCUT2D eigenvalue weighted by Gasteiger charge is 2.43. The zero-order chi connectivity index (χ0) is 24.3. The number of nitrogens with one attached hydrogen (secondary N) is 1. The van der Waals surface area contributed by atoms with E-state index in [1.54, 1.807) is 0 Å². The van der Waals surface area contributed by atoms with Crippen molar-refractivity contribution in [1.29, 1.82) is 0 Å². The first kappa shape index (κ1) is 27.0. The molecule has 1 aliphatic heterocycles. The van der Waals surface area contributed by atoms with Crippen LogP contribution >= 0.6 is 23.5 Å². The molecular formula is C12H20N3O14P3. The molecule has 20 heteroatoms. The van der Waals surface area contributed by atoms with Crippen molar-refractivity contribution in [3.63, 3.8) is 0 Å². The van der Waals surface area contributed by atoms with Crippen molar-refractivity contribution in [3.8, 4) is 0 Å². The SMILES string of the molecule is NC/C=C/c1cn(C2CC(O)[C@@H](COP(=O)(O)OP(=O)(O)OP(=O)(O)O)O2)c(=O)[nH]c1=O. The van der Waals surface area contributed by atoms with Crippen molar-refractivity contribution in [2.24, 2.45) is 5.73 Å². The maximum absolute atomic E-state index is 12.1. The summed E-state index contributed by atoms with van der Waals surface area (Å²) in [5, 5.41) is 10.1. The molecular weight excluding hydrogens is 503 g/mol. The van der Waals surface area contributed by atoms with Crippen molar-refractivity contribution < 1.29 is 56.3 Å². The highest BCUT2D eigenvalue weighted by atomic mass is 31.3. The molecule has 0 aliphatic carbocycles. The molecule has 4 unspecified atom stereocenters. The Bertz CT molecular complexity index is 1110. The molecule has 17 nitrogen and oxygen atoms in total. The summed E-state index contributed by atoms with van der Waals surface area (Å²) < 4.78 is 51.6. The third kappa shape index (κ3) is 7.93. The standard InChI is InChI=1S/C12H20N3O14P3/c13-3-1-2-7-5-15(12(18)14-11(7)17)10-4-8(16)9(27-10)6-26-31(22,23)29-32(24,25)28-30(19,20)21/h1-2,5,8-10,16H,3-4,6,13H2,(H,22,23)(H,24,25)(H,14,17,18)(H2,19,20,21)/b2-1+/t8?,9-,10?/m1/s1. The molecule has 1 aromatic heterocycles. The molecule has 1 fully saturated rings. The fraction of sp³-hybridized carbons (Fsp3) is 0.500. The van der Waals surface area contributed by atoms with Crippen LogP contribution in [-0.4, -0.2) is 59.6 Å². The van der Waals surface area contributed by atoms with Crippen molar-refractivity contribution in [1.82, 2.24) is 9.55 Å². The molecule has 1 aliphatic rings. The minimum absolute atomic E-state index is 0.0600. The van der Waals surface area contributed by atoms with Crippen LogP contribution < -0.4 is 17.0 Å². The molecule has 0 aromatic carbocycles. The fourth-order valence-electron chi connectivity index (χ4n) is 2.54. The van der Waals surface area contributed by atoms with Crippen LogP contribution in [0.2, 0.25) is 0 Å². The Morgan fingerprint density at radius 3 is 2.44 bits per heavy atom. The van der Waals surface area contributed by atoms with Crippen molar-refractivity contribution in [2.75, 3.05) is 13.2 Å². The zero-order valence-electron chi connectivity index (χ0n) is 15.9. The van der Waals surface area contributed by atoms with Gasteiger partial charge >= 0.3 is 29.2 Å². The normalized spacial score (nSPS) is 25.6. The van der Waals surface area contributed by atoms with Crippen LogP contribution in [0.3, 0.4) is 0 Å². The maximum Gasteiger partial charge on any atom is 0.490 e. The van der Waals surface area contributed by atoms with E-state index in [0.717, 1.165) is 10.8 Å². The molecule has 0 radical (unpaired) electrons. The molecule has 5 atom stereocenters. The molecule has 0 amide bonds. The van der Waals surface area contributed by atoms with Crippen molar-refractivity contribution >= 4 is 29.5 Å². The average molecular weight is 523 g/mol. The summed E-state index contributed by atoms with van der Waals surface area (Å²) in [7, 11) is -16.7. The second-order valence-corrected chi connectivity index (χ2v) is 10.6. The number of aliphatic hydroxyl groups is 1. The van der Waals surface area contributed by atoms with Crippen LogP contribution in [0.4, 0.5) is 0 Å². The van der Waals surface area contributed by atoms with Gasteiger partial charge in [-0.2, -0.15) is 8.62 Å². The first-order chi connectivity index (χ1) is 14.6. The Kier molecular flexibility index (Phi) is 8.70. The van der Waals surface area contributed by atoms with Gasteiger partial charge in [-0.25, -0.2) is 18.5 Å². The summed E-state index contributed by atoms with van der Waals surface area (Å²) in [5.74, 6) is 0. The van der Waals surface area contributed by atoms with Gasteiger partial charge in [-0.1, -0.05) is 12.2 Å². The number of rotatable bonds is 10. The molecule has 8 N–H and O–H groups in total. The highest BCUT2D eigenvalue weighted by molar-refractivity contribution is 7.66. The number of hydrogen-bond acceptors (Lipinski definition) is 11. The molecule has 2 rings (SSSR count). The molecule has 182 valence electrons. The predicted octanol–water partition coefficient (Wildman–Crippen LogP) is -1.50. The summed E-state index contributed by atoms with van der Waals surface area (Å²) in [6.07, 6.45) is -0.0802. The molecule has 0 spiro atoms. The summed E-state index contributed by atoms with van der Waals surface area (Å²) in [6.45, 7) is -0.778. The second kappa shape index (κ2) is 10.3. The summed E-state index contributed by atoms with van der Waals surface area (Å²) in [5.41, 5.74) is 3.81. The molecule has 32 heavy (non-hydrogen) atoms. The topological polar surface area (TPSA) is 270 Å². The Hall–Kier alpha value is -1.29. The first-order valence-corrected chi connectivity index (χ1v) is 13.0. The van der Waals surface area contributed by atoms with Gasteiger partial charge in [0, 0.05) is 19.2 Å². The van der Waals surface area contributed by atoms with Gasteiger partial charge in [0.05, 0.1) is 18.3 Å². The van der Waals surface area contributed by atoms with Crippen molar-refractivity contribution in [2.45, 2.75) is 24.9 Å². The van der Waals surface area contributed by atoms with Gasteiger partial charge in [0.2, 0.25) is 0 Å². The van der Waals surface area contributed by atoms with Crippen LogP contribution in [0.15, 0.2) is 21.9 Å². The van der Waals surface area contributed by atoms with Gasteiger partial charge in [0.25, 0.3) is 5.56 Å². The van der Waals surface area contributed by atoms with Crippen molar-refractivity contribution in [3.05, 3.63) is 38.7 Å². The maximum atomic E-state index is 12.1. The van der Waals surface area contributed by atoms with E-state index in [1.165, 1.54) is 12.2 Å². The number of nitrogens with zero attached hydrogens (tertiary/aromatic N) is 1. The van der Waals surface area contributed by atoms with Gasteiger partial charge in [0.15, 0.2) is 0 Å². The largest absolute Gasteiger partial charge is 0.490 e. The van der Waals surface area contributed by atoms with Crippen LogP contribution in [0.1, 0.15) is 18.2 Å². The lowest BCUT2D eigenvalue weighted by molar-refractivity contribution is -0.0450. The van der Waals surface area contributed by atoms with E-state index < -0.39 is 59.8 Å². The summed E-state index contributed by atoms with van der Waals surface area (Å²) in [4.78, 5) is 61.5. The van der Waals surface area contributed by atoms with Gasteiger partial charge < -0.3 is 35.2 Å². The molecule has 2 heterocycles. The molecule has 1 aromatic rings. The van der Waals surface area contributed by atoms with Gasteiger partial charge in [-0.15, -0.1) is 0 Å². The minimum atomic E-state index is -5.70. The Balaban J connectivity index is 2.08. The number of aromatic amines is 1. The van der Waals surface area contributed by atoms with E-state index >= 15 is 0 Å². The predicted molar refractivity (Wildman–Crippen MR) is 104 cm³/mol. The second-order valence-electron chi connectivity index (χ2n) is 6.21. The number of phosphoric acid groups is 3. The highest BCUT2D eigenvalue weighted by Crippen LogP contribution is 2.66. The van der Waals surface area contributed by atoms with Crippen LogP contribution in [-0.2, 0) is 31.6 Å². The molecule has 0 saturated carbocycles. The number of aromatic nitrogens is 2. The quantitative estimate of drug-likeness (QED) is 0.172. The molecule has 1 saturated heterocycles. The molecule has 0 bridgehead atoms. The fourth-order valence-corrected chi connectivity index (χ4v) is 5.57. The van der Waals surface area contributed by atoms with E-state index in [1.807, 2.05) is 4.98 Å². The third-order valence-corrected chi connectivity index (χ3v) is 7.56. The monoisotopic (exact) mass is 523 g/mol. The first-order valence-electron chi connectivity index (χ1n) is 8.46. The van der Waals surface area contributed by atoms with Gasteiger partial charge in [0.1, 0.15) is 12.3 Å². The van der Waals surface area contributed by atoms with E-state index in [2.05, 4.69) is 13.1 Å². The van der Waals surface area contributed by atoms with Gasteiger partial charge in [-0.3, -0.25) is 18.9 Å². The average Bonchev–Trinajstić information content (AvgIpc) is 2.97. The number of ether oxygens (including phenoxy) is 1. The van der Waals surface area contributed by atoms with E-state index in [4.69, 9.17) is 25.2 Å². The lowest BCUT2D eigenvalue weighted by atomic mass is 10.2. The third-order valence-electron chi connectivity index (χ3n) is 3.76. The Morgan fingerprint density at radius 1 is 1.19 bits per heavy atom. The summed E-state index contributed by atoms with van der Waals surface area (Å²) >= 11 is 0. The van der Waals surface area contributed by atoms with E-state index in [9.17, 15) is 33.3 Å². The number of H-pyrrole nitrogens is 1. The number of aliphatic hydroxyl groups excluding tert-OH is 1. The van der Waals surface area contributed by atoms with Crippen LogP contribution in [0.5, 0.6) is 0 Å². The number of nitrogens with two attached hydrogens (primary N) is 1. The van der Waals surface area contributed by atoms with Gasteiger partial charge in [-0.05, 0) is 0 Å². The van der Waals surface area contributed by atoms with E-state index in [-0.39, 0.29) is 18.5 Å². The minimum Gasteiger partial charge on any atom is -0.390 e. The van der Waals surface area contributed by atoms with Crippen LogP contribution in [0, 0.1) is 0 Å². The Morgan fingerprint density at radius 2 is 1.84 bits per heavy atom. The lowest BCUT2D eigenvalue weighted by Gasteiger charge is -2.19. The van der Waals surface area contributed by atoms with E-state index in [0.29, 0.717) is 0 Å². The number of phosphoric ester groups is 1. The summed E-state index contributed by atoms with van der Waals surface area (Å²) in [6, 6.07) is 0. The van der Waals surface area contributed by atoms with Crippen LogP contribution in [0.25, 0.3) is 6.08 Å². The Labute approximate surface area is 178 Å². The zero-order valence-corrected chi connectivity index (χ0v) is 18.5. The lowest BCUT2D eigenvalue weighted by Crippen LogP contribution is -2.33.